The highest BCUT2D eigenvalue weighted by atomic mass is 14.9. The molecule has 2 heteroatoms. The highest BCUT2D eigenvalue weighted by Gasteiger charge is 2.45. The lowest BCUT2D eigenvalue weighted by molar-refractivity contribution is 0.0957. The zero-order chi connectivity index (χ0) is 13.2. The molecule has 1 N–H and O–H groups in total. The molecule has 1 aromatic rings. The van der Waals surface area contributed by atoms with Crippen molar-refractivity contribution in [1.29, 1.82) is 0 Å². The third-order valence-corrected chi connectivity index (χ3v) is 4.39. The van der Waals surface area contributed by atoms with Crippen molar-refractivity contribution in [1.82, 2.24) is 10.3 Å². The molecule has 0 spiro atoms. The van der Waals surface area contributed by atoms with Gasteiger partial charge in [0.25, 0.3) is 0 Å². The molecule has 1 saturated carbocycles. The molecule has 1 fully saturated rings. The molecule has 1 heterocycles. The lowest BCUT2D eigenvalue weighted by atomic mass is 9.56. The van der Waals surface area contributed by atoms with Crippen molar-refractivity contribution in [3.63, 3.8) is 0 Å². The molecule has 0 bridgehead atoms. The van der Waals surface area contributed by atoms with E-state index in [0.29, 0.717) is 11.5 Å². The molecule has 0 radical (unpaired) electrons. The van der Waals surface area contributed by atoms with E-state index in [0.717, 1.165) is 18.4 Å². The van der Waals surface area contributed by atoms with Gasteiger partial charge < -0.3 is 5.32 Å². The van der Waals surface area contributed by atoms with Gasteiger partial charge in [-0.3, -0.25) is 4.98 Å². The van der Waals surface area contributed by atoms with Crippen LogP contribution in [0.2, 0.25) is 0 Å². The molecular weight excluding hydrogens is 220 g/mol. The minimum absolute atomic E-state index is 0.349. The van der Waals surface area contributed by atoms with Crippen LogP contribution in [0.15, 0.2) is 24.5 Å². The van der Waals surface area contributed by atoms with Gasteiger partial charge in [0, 0.05) is 30.4 Å². The summed E-state index contributed by atoms with van der Waals surface area (Å²) >= 11 is 0. The maximum atomic E-state index is 4.15. The monoisotopic (exact) mass is 246 g/mol. The van der Waals surface area contributed by atoms with Crippen molar-refractivity contribution in [3.8, 4) is 0 Å². The van der Waals surface area contributed by atoms with Gasteiger partial charge in [0.2, 0.25) is 0 Å². The van der Waals surface area contributed by atoms with Gasteiger partial charge in [0.05, 0.1) is 0 Å². The maximum absolute atomic E-state index is 4.15. The molecule has 2 nitrogen and oxygen atoms in total. The molecule has 0 aromatic carbocycles. The lowest BCUT2D eigenvalue weighted by Gasteiger charge is -2.50. The molecule has 0 unspecified atom stereocenters. The Balaban J connectivity index is 2.10. The SMILES string of the molecule is CC(C)NCC1(c2ccncc2)CC(C(C)C)C1. The summed E-state index contributed by atoms with van der Waals surface area (Å²) in [4.78, 5) is 4.15. The fourth-order valence-corrected chi connectivity index (χ4v) is 3.00. The van der Waals surface area contributed by atoms with E-state index < -0.39 is 0 Å². The summed E-state index contributed by atoms with van der Waals surface area (Å²) in [6, 6.07) is 4.94. The van der Waals surface area contributed by atoms with Gasteiger partial charge in [-0.2, -0.15) is 0 Å². The Labute approximate surface area is 111 Å². The highest BCUT2D eigenvalue weighted by Crippen LogP contribution is 2.50. The standard InChI is InChI=1S/C16H26N2/c1-12(2)14-9-16(10-14,11-18-13(3)4)15-5-7-17-8-6-15/h5-8,12-14,18H,9-11H2,1-4H3. The van der Waals surface area contributed by atoms with E-state index in [1.54, 1.807) is 0 Å². The Bertz CT molecular complexity index is 358. The Morgan fingerprint density at radius 1 is 1.22 bits per heavy atom. The van der Waals surface area contributed by atoms with E-state index in [-0.39, 0.29) is 0 Å². The summed E-state index contributed by atoms with van der Waals surface area (Å²) in [6.07, 6.45) is 6.48. The number of aromatic nitrogens is 1. The Morgan fingerprint density at radius 3 is 2.33 bits per heavy atom. The predicted octanol–water partition coefficient (Wildman–Crippen LogP) is 3.38. The number of nitrogens with one attached hydrogen (secondary N) is 1. The average molecular weight is 246 g/mol. The Hall–Kier alpha value is -0.890. The molecule has 0 saturated heterocycles. The van der Waals surface area contributed by atoms with Gasteiger partial charge in [-0.1, -0.05) is 27.7 Å². The van der Waals surface area contributed by atoms with E-state index in [1.165, 1.54) is 18.4 Å². The van der Waals surface area contributed by atoms with Gasteiger partial charge in [-0.15, -0.1) is 0 Å². The first-order valence-electron chi connectivity index (χ1n) is 7.17. The van der Waals surface area contributed by atoms with E-state index >= 15 is 0 Å². The summed E-state index contributed by atoms with van der Waals surface area (Å²) in [6.45, 7) is 10.2. The molecule has 0 aliphatic heterocycles. The molecule has 0 atom stereocenters. The van der Waals surface area contributed by atoms with Crippen LogP contribution in [0, 0.1) is 11.8 Å². The van der Waals surface area contributed by atoms with Gasteiger partial charge in [0.1, 0.15) is 0 Å². The first kappa shape index (κ1) is 13.5. The van der Waals surface area contributed by atoms with E-state index in [4.69, 9.17) is 0 Å². The number of hydrogen-bond acceptors (Lipinski definition) is 2. The zero-order valence-corrected chi connectivity index (χ0v) is 12.1. The molecule has 100 valence electrons. The topological polar surface area (TPSA) is 24.9 Å². The van der Waals surface area contributed by atoms with Crippen LogP contribution in [0.25, 0.3) is 0 Å². The molecule has 0 amide bonds. The normalized spacial score (nSPS) is 27.6. The van der Waals surface area contributed by atoms with Crippen molar-refractivity contribution >= 4 is 0 Å². The third-order valence-electron chi connectivity index (χ3n) is 4.39. The number of pyridine rings is 1. The second kappa shape index (κ2) is 5.40. The lowest BCUT2D eigenvalue weighted by Crippen LogP contribution is -2.51. The summed E-state index contributed by atoms with van der Waals surface area (Å²) < 4.78 is 0. The first-order chi connectivity index (χ1) is 8.53. The molecular formula is C16H26N2. The second-order valence-electron chi connectivity index (χ2n) is 6.46. The first-order valence-corrected chi connectivity index (χ1v) is 7.17. The van der Waals surface area contributed by atoms with Gasteiger partial charge in [-0.25, -0.2) is 0 Å². The summed E-state index contributed by atoms with van der Waals surface area (Å²) in [5.41, 5.74) is 1.81. The molecule has 2 rings (SSSR count). The van der Waals surface area contributed by atoms with Crippen LogP contribution in [0.3, 0.4) is 0 Å². The Kier molecular flexibility index (Phi) is 4.06. The van der Waals surface area contributed by atoms with Crippen LogP contribution in [0.4, 0.5) is 0 Å². The van der Waals surface area contributed by atoms with Crippen molar-refractivity contribution in [2.45, 2.75) is 52.0 Å². The third kappa shape index (κ3) is 2.74. The van der Waals surface area contributed by atoms with Crippen LogP contribution in [-0.2, 0) is 5.41 Å². The molecule has 1 aromatic heterocycles. The van der Waals surface area contributed by atoms with Crippen molar-refractivity contribution in [2.75, 3.05) is 6.54 Å². The van der Waals surface area contributed by atoms with Crippen LogP contribution >= 0.6 is 0 Å². The van der Waals surface area contributed by atoms with E-state index in [9.17, 15) is 0 Å². The fraction of sp³-hybridized carbons (Fsp3) is 0.688. The summed E-state index contributed by atoms with van der Waals surface area (Å²) in [7, 11) is 0. The van der Waals surface area contributed by atoms with Crippen molar-refractivity contribution < 1.29 is 0 Å². The molecule has 18 heavy (non-hydrogen) atoms. The number of hydrogen-bond donors (Lipinski definition) is 1. The number of rotatable bonds is 5. The van der Waals surface area contributed by atoms with Crippen LogP contribution in [-0.4, -0.2) is 17.6 Å². The Morgan fingerprint density at radius 2 is 1.83 bits per heavy atom. The quantitative estimate of drug-likeness (QED) is 0.861. The van der Waals surface area contributed by atoms with Crippen molar-refractivity contribution in [3.05, 3.63) is 30.1 Å². The summed E-state index contributed by atoms with van der Waals surface area (Å²) in [5.74, 6) is 1.69. The van der Waals surface area contributed by atoms with Gasteiger partial charge in [0.15, 0.2) is 0 Å². The smallest absolute Gasteiger partial charge is 0.0270 e. The summed E-state index contributed by atoms with van der Waals surface area (Å²) in [5, 5.41) is 3.63. The van der Waals surface area contributed by atoms with Crippen molar-refractivity contribution in [2.24, 2.45) is 11.8 Å². The van der Waals surface area contributed by atoms with Crippen LogP contribution in [0.5, 0.6) is 0 Å². The predicted molar refractivity (Wildman–Crippen MR) is 76.6 cm³/mol. The zero-order valence-electron chi connectivity index (χ0n) is 12.1. The van der Waals surface area contributed by atoms with Gasteiger partial charge in [-0.05, 0) is 42.4 Å². The minimum atomic E-state index is 0.349. The van der Waals surface area contributed by atoms with Crippen LogP contribution < -0.4 is 5.32 Å². The molecule has 1 aliphatic carbocycles. The second-order valence-corrected chi connectivity index (χ2v) is 6.46. The minimum Gasteiger partial charge on any atom is -0.314 e. The van der Waals surface area contributed by atoms with E-state index in [2.05, 4.69) is 50.1 Å². The maximum Gasteiger partial charge on any atom is 0.0270 e. The van der Waals surface area contributed by atoms with Crippen LogP contribution in [0.1, 0.15) is 46.1 Å². The van der Waals surface area contributed by atoms with E-state index in [1.807, 2.05) is 12.4 Å². The number of nitrogens with zero attached hydrogens (tertiary/aromatic N) is 1. The van der Waals surface area contributed by atoms with Gasteiger partial charge >= 0.3 is 0 Å². The molecule has 1 aliphatic rings. The fourth-order valence-electron chi connectivity index (χ4n) is 3.00. The highest BCUT2D eigenvalue weighted by molar-refractivity contribution is 5.27. The largest absolute Gasteiger partial charge is 0.314 e. The average Bonchev–Trinajstić information content (AvgIpc) is 2.28.